The van der Waals surface area contributed by atoms with E-state index in [-0.39, 0.29) is 39.6 Å². The van der Waals surface area contributed by atoms with Crippen LogP contribution in [0.3, 0.4) is 0 Å². The summed E-state index contributed by atoms with van der Waals surface area (Å²) < 4.78 is 26.9. The molecular formula is C29H30Cl2FN5O3. The number of likely N-dealkylation sites (N-methyl/N-ethyl adjacent to an activating group) is 1. The first kappa shape index (κ1) is 27.1. The Kier molecular flexibility index (Phi) is 7.46. The lowest BCUT2D eigenvalue weighted by atomic mass is 9.68. The van der Waals surface area contributed by atoms with Crippen molar-refractivity contribution in [3.05, 3.63) is 58.6 Å². The van der Waals surface area contributed by atoms with Crippen molar-refractivity contribution >= 4 is 51.5 Å². The third-order valence-electron chi connectivity index (χ3n) is 8.27. The van der Waals surface area contributed by atoms with Gasteiger partial charge in [-0.3, -0.25) is 9.69 Å². The molecule has 1 amide bonds. The molecule has 2 aromatic carbocycles. The number of fused-ring (bicyclic) bond motifs is 3. The number of piperidine rings is 2. The van der Waals surface area contributed by atoms with E-state index in [1.54, 1.807) is 19.3 Å². The van der Waals surface area contributed by atoms with E-state index in [1.165, 1.54) is 24.9 Å². The number of methoxy groups -OCH3 is 1. The predicted molar refractivity (Wildman–Crippen MR) is 153 cm³/mol. The molecule has 4 atom stereocenters. The van der Waals surface area contributed by atoms with Crippen LogP contribution in [-0.2, 0) is 4.79 Å². The molecular weight excluding hydrogens is 556 g/mol. The summed E-state index contributed by atoms with van der Waals surface area (Å²) in [5.74, 6) is 1.35. The molecule has 1 N–H and O–H groups in total. The second-order valence-electron chi connectivity index (χ2n) is 10.7. The summed E-state index contributed by atoms with van der Waals surface area (Å²) in [6, 6.07) is 6.95. The van der Waals surface area contributed by atoms with E-state index in [2.05, 4.69) is 27.2 Å². The molecule has 1 saturated carbocycles. The van der Waals surface area contributed by atoms with Crippen LogP contribution in [0, 0.1) is 17.7 Å². The summed E-state index contributed by atoms with van der Waals surface area (Å²) in [5, 5.41) is 3.60. The van der Waals surface area contributed by atoms with E-state index in [4.69, 9.17) is 32.7 Å². The number of carbonyl (C=O) groups is 1. The van der Waals surface area contributed by atoms with Crippen LogP contribution >= 0.6 is 23.2 Å². The predicted octanol–water partition coefficient (Wildman–Crippen LogP) is 5.70. The van der Waals surface area contributed by atoms with E-state index >= 15 is 0 Å². The first-order valence-electron chi connectivity index (χ1n) is 13.4. The first-order valence-corrected chi connectivity index (χ1v) is 14.1. The minimum absolute atomic E-state index is 0.0334. The number of carbonyl (C=O) groups excluding carboxylic acids is 1. The van der Waals surface area contributed by atoms with Gasteiger partial charge < -0.3 is 19.7 Å². The molecule has 4 heterocycles. The Morgan fingerprint density at radius 2 is 1.98 bits per heavy atom. The Morgan fingerprint density at radius 1 is 1.18 bits per heavy atom. The maximum atomic E-state index is 14.7. The van der Waals surface area contributed by atoms with Crippen molar-refractivity contribution in [2.75, 3.05) is 39.1 Å². The van der Waals surface area contributed by atoms with Gasteiger partial charge in [-0.05, 0) is 51.1 Å². The summed E-state index contributed by atoms with van der Waals surface area (Å²) >= 11 is 11.9. The van der Waals surface area contributed by atoms with E-state index in [0.717, 1.165) is 19.4 Å². The smallest absolute Gasteiger partial charge is 0.246 e. The van der Waals surface area contributed by atoms with Crippen LogP contribution in [0.1, 0.15) is 19.3 Å². The highest BCUT2D eigenvalue weighted by Crippen LogP contribution is 2.45. The molecule has 7 rings (SSSR count). The molecule has 3 saturated heterocycles. The zero-order chi connectivity index (χ0) is 28.0. The van der Waals surface area contributed by atoms with Crippen LogP contribution in [0.2, 0.25) is 10.0 Å². The highest BCUT2D eigenvalue weighted by molar-refractivity contribution is 6.42. The summed E-state index contributed by atoms with van der Waals surface area (Å²) in [4.78, 5) is 25.8. The number of ether oxygens (including phenoxy) is 2. The minimum Gasteiger partial charge on any atom is -0.493 e. The molecule has 2 bridgehead atoms. The average Bonchev–Trinajstić information content (AvgIpc) is 3.38. The zero-order valence-electron chi connectivity index (χ0n) is 22.2. The maximum absolute atomic E-state index is 14.7. The van der Waals surface area contributed by atoms with Crippen molar-refractivity contribution < 1.29 is 18.7 Å². The van der Waals surface area contributed by atoms with Gasteiger partial charge in [0.15, 0.2) is 17.3 Å². The SMILES string of the molecule is COc1cc2ncnc(Nc3ccc(Cl)c(Cl)c3F)c2cc1O[C@H]1[C@@H]2C[C@H]1CN(C(=O)/C=C/C1CCCN1C)C2. The minimum atomic E-state index is -0.669. The molecule has 1 aliphatic carbocycles. The van der Waals surface area contributed by atoms with Gasteiger partial charge >= 0.3 is 0 Å². The van der Waals surface area contributed by atoms with Gasteiger partial charge in [-0.15, -0.1) is 0 Å². The van der Waals surface area contributed by atoms with Crippen molar-refractivity contribution in [3.63, 3.8) is 0 Å². The largest absolute Gasteiger partial charge is 0.493 e. The van der Waals surface area contributed by atoms with Crippen molar-refractivity contribution in [3.8, 4) is 11.5 Å². The lowest BCUT2D eigenvalue weighted by molar-refractivity contribution is -0.142. The van der Waals surface area contributed by atoms with E-state index < -0.39 is 5.82 Å². The van der Waals surface area contributed by atoms with Gasteiger partial charge in [0, 0.05) is 48.5 Å². The highest BCUT2D eigenvalue weighted by Gasteiger charge is 2.49. The number of amides is 1. The Morgan fingerprint density at radius 3 is 2.70 bits per heavy atom. The van der Waals surface area contributed by atoms with Gasteiger partial charge in [0.1, 0.15) is 18.2 Å². The fourth-order valence-electron chi connectivity index (χ4n) is 6.01. The number of anilines is 2. The van der Waals surface area contributed by atoms with E-state index in [0.29, 0.717) is 47.4 Å². The molecule has 11 heteroatoms. The number of hydrogen-bond donors (Lipinski definition) is 1. The molecule has 8 nitrogen and oxygen atoms in total. The molecule has 1 unspecified atom stereocenters. The van der Waals surface area contributed by atoms with Crippen LogP contribution in [0.5, 0.6) is 11.5 Å². The third kappa shape index (κ3) is 5.06. The Bertz CT molecular complexity index is 1480. The van der Waals surface area contributed by atoms with Crippen LogP contribution in [0.15, 0.2) is 42.7 Å². The first-order chi connectivity index (χ1) is 19.3. The Hall–Kier alpha value is -3.14. The van der Waals surface area contributed by atoms with Crippen LogP contribution in [-0.4, -0.2) is 71.6 Å². The van der Waals surface area contributed by atoms with Crippen LogP contribution in [0.25, 0.3) is 10.9 Å². The van der Waals surface area contributed by atoms with E-state index in [9.17, 15) is 9.18 Å². The lowest BCUT2D eigenvalue weighted by Gasteiger charge is -2.52. The average molecular weight is 586 g/mol. The van der Waals surface area contributed by atoms with Gasteiger partial charge in [-0.1, -0.05) is 29.3 Å². The second kappa shape index (κ2) is 11.0. The van der Waals surface area contributed by atoms with Gasteiger partial charge in [0.25, 0.3) is 0 Å². The molecule has 3 aliphatic heterocycles. The van der Waals surface area contributed by atoms with Gasteiger partial charge in [0.05, 0.1) is 28.4 Å². The summed E-state index contributed by atoms with van der Waals surface area (Å²) in [7, 11) is 3.68. The molecule has 40 heavy (non-hydrogen) atoms. The Labute approximate surface area is 242 Å². The molecule has 4 aliphatic rings. The molecule has 3 aromatic rings. The van der Waals surface area contributed by atoms with Gasteiger partial charge in [0.2, 0.25) is 5.91 Å². The van der Waals surface area contributed by atoms with Crippen molar-refractivity contribution in [2.24, 2.45) is 11.8 Å². The van der Waals surface area contributed by atoms with Crippen LogP contribution < -0.4 is 14.8 Å². The standard InChI is InChI=1S/C29H30Cl2FN5O3/c1-36-9-3-4-18(36)5-8-25(38)37-13-16-10-17(14-37)28(16)40-24-11-19-22(12-23(24)39-2)33-15-34-29(19)35-21-7-6-20(30)26(31)27(21)32/h5-8,11-12,15-18,28H,3-4,9-10,13-14H2,1-2H3,(H,33,34,35)/b8-5+/t16-,17+,18?,28+. The fraction of sp³-hybridized carbons (Fsp3) is 0.414. The van der Waals surface area contributed by atoms with Crippen molar-refractivity contribution in [2.45, 2.75) is 31.4 Å². The third-order valence-corrected chi connectivity index (χ3v) is 9.05. The van der Waals surface area contributed by atoms with Crippen LogP contribution in [0.4, 0.5) is 15.9 Å². The summed E-state index contributed by atoms with van der Waals surface area (Å²) in [6.45, 7) is 2.39. The van der Waals surface area contributed by atoms with E-state index in [1.807, 2.05) is 17.0 Å². The lowest BCUT2D eigenvalue weighted by Crippen LogP contribution is -2.61. The van der Waals surface area contributed by atoms with Crippen molar-refractivity contribution in [1.29, 1.82) is 0 Å². The Balaban J connectivity index is 1.19. The number of halogens is 3. The quantitative estimate of drug-likeness (QED) is 0.281. The summed E-state index contributed by atoms with van der Waals surface area (Å²) in [5.41, 5.74) is 0.743. The molecule has 210 valence electrons. The normalized spacial score (nSPS) is 24.4. The monoisotopic (exact) mass is 585 g/mol. The number of nitrogens with zero attached hydrogens (tertiary/aromatic N) is 4. The molecule has 0 spiro atoms. The maximum Gasteiger partial charge on any atom is 0.246 e. The number of likely N-dealkylation sites (tertiary alicyclic amines) is 1. The fourth-order valence-corrected chi connectivity index (χ4v) is 6.32. The number of aromatic nitrogens is 2. The second-order valence-corrected chi connectivity index (χ2v) is 11.5. The van der Waals surface area contributed by atoms with Gasteiger partial charge in [-0.2, -0.15) is 0 Å². The van der Waals surface area contributed by atoms with Crippen molar-refractivity contribution in [1.82, 2.24) is 19.8 Å². The number of benzene rings is 2. The van der Waals surface area contributed by atoms with Gasteiger partial charge in [-0.25, -0.2) is 14.4 Å². The zero-order valence-corrected chi connectivity index (χ0v) is 23.8. The highest BCUT2D eigenvalue weighted by atomic mass is 35.5. The summed E-state index contributed by atoms with van der Waals surface area (Å²) in [6.07, 6.45) is 8.42. The number of rotatable bonds is 7. The number of hydrogen-bond acceptors (Lipinski definition) is 7. The number of nitrogens with one attached hydrogen (secondary N) is 1. The molecule has 4 fully saturated rings. The molecule has 1 aromatic heterocycles. The topological polar surface area (TPSA) is 79.8 Å². The molecule has 0 radical (unpaired) electrons.